The Morgan fingerprint density at radius 3 is 0.892 bits per heavy atom. The molecule has 2 atom stereocenters. The molecule has 4 heteroatoms. The van der Waals surface area contributed by atoms with E-state index in [1.54, 1.807) is 6.08 Å². The number of nitrogens with one attached hydrogen (secondary N) is 1. The van der Waals surface area contributed by atoms with Gasteiger partial charge in [0.05, 0.1) is 18.8 Å². The van der Waals surface area contributed by atoms with Gasteiger partial charge in [0.15, 0.2) is 0 Å². The minimum atomic E-state index is -0.841. The van der Waals surface area contributed by atoms with E-state index in [-0.39, 0.29) is 12.5 Å². The van der Waals surface area contributed by atoms with Crippen molar-refractivity contribution in [3.63, 3.8) is 0 Å². The molecule has 0 bridgehead atoms. The third-order valence-electron chi connectivity index (χ3n) is 15.5. The monoisotopic (exact) mass is 1030 g/mol. The van der Waals surface area contributed by atoms with Crippen LogP contribution in [0.4, 0.5) is 0 Å². The Morgan fingerprint density at radius 1 is 0.338 bits per heavy atom. The first-order valence-electron chi connectivity index (χ1n) is 33.5. The average molecular weight is 1030 g/mol. The molecule has 3 N–H and O–H groups in total. The Balaban J connectivity index is 3.43. The van der Waals surface area contributed by atoms with Crippen molar-refractivity contribution in [2.45, 2.75) is 373 Å². The highest BCUT2D eigenvalue weighted by Crippen LogP contribution is 2.19. The average Bonchev–Trinajstić information content (AvgIpc) is 3.40. The van der Waals surface area contributed by atoms with E-state index in [1.807, 2.05) is 6.08 Å². The lowest BCUT2D eigenvalue weighted by Gasteiger charge is -2.20. The summed E-state index contributed by atoms with van der Waals surface area (Å²) >= 11 is 0. The van der Waals surface area contributed by atoms with Crippen LogP contribution in [0.1, 0.15) is 361 Å². The van der Waals surface area contributed by atoms with Gasteiger partial charge < -0.3 is 15.5 Å². The van der Waals surface area contributed by atoms with Crippen LogP contribution >= 0.6 is 0 Å². The van der Waals surface area contributed by atoms with Crippen molar-refractivity contribution in [3.05, 3.63) is 60.8 Å². The number of hydrogen-bond acceptors (Lipinski definition) is 3. The van der Waals surface area contributed by atoms with Gasteiger partial charge in [0.2, 0.25) is 5.91 Å². The van der Waals surface area contributed by atoms with Gasteiger partial charge in [-0.1, -0.05) is 357 Å². The maximum atomic E-state index is 12.5. The summed E-state index contributed by atoms with van der Waals surface area (Å²) in [6.07, 6.45) is 93.0. The highest BCUT2D eigenvalue weighted by Gasteiger charge is 2.18. The zero-order chi connectivity index (χ0) is 53.4. The minimum absolute atomic E-state index is 0.0573. The Labute approximate surface area is 464 Å². The second-order valence-corrected chi connectivity index (χ2v) is 22.9. The van der Waals surface area contributed by atoms with Crippen LogP contribution in [0.15, 0.2) is 60.8 Å². The van der Waals surface area contributed by atoms with E-state index >= 15 is 0 Å². The molecule has 0 saturated heterocycles. The van der Waals surface area contributed by atoms with Gasteiger partial charge in [-0.2, -0.15) is 0 Å². The van der Waals surface area contributed by atoms with Gasteiger partial charge in [0, 0.05) is 6.42 Å². The fourth-order valence-electron chi connectivity index (χ4n) is 10.5. The topological polar surface area (TPSA) is 69.6 Å². The van der Waals surface area contributed by atoms with E-state index in [0.717, 1.165) is 51.4 Å². The molecule has 0 aromatic rings. The van der Waals surface area contributed by atoms with Gasteiger partial charge >= 0.3 is 0 Å². The Hall–Kier alpha value is -1.91. The smallest absolute Gasteiger partial charge is 0.220 e. The molecule has 434 valence electrons. The van der Waals surface area contributed by atoms with Gasteiger partial charge in [-0.05, 0) is 57.8 Å². The lowest BCUT2D eigenvalue weighted by Crippen LogP contribution is -2.45. The fraction of sp³-hybridized carbons (Fsp3) is 0.843. The molecule has 0 aliphatic rings. The third kappa shape index (κ3) is 60.9. The molecule has 0 saturated carbocycles. The van der Waals surface area contributed by atoms with Gasteiger partial charge in [0.1, 0.15) is 0 Å². The molecule has 0 aromatic heterocycles. The van der Waals surface area contributed by atoms with Crippen LogP contribution in [0.25, 0.3) is 0 Å². The van der Waals surface area contributed by atoms with E-state index in [4.69, 9.17) is 0 Å². The molecule has 4 nitrogen and oxygen atoms in total. The maximum absolute atomic E-state index is 12.5. The number of carbonyl (C=O) groups excluding carboxylic acids is 1. The number of hydrogen-bond donors (Lipinski definition) is 3. The standard InChI is InChI=1S/C70H131NO3/c1-3-5-7-9-11-13-15-17-19-21-23-25-27-29-31-32-33-34-35-36-37-38-40-42-44-46-48-50-52-54-56-58-60-62-64-66-70(74)71-68(67-72)69(73)65-63-61-59-57-55-53-51-49-47-45-43-41-39-30-28-26-24-22-20-18-16-14-12-10-8-6-4-2/h5,7,11,13,17,19,23,25,63,65,68-69,72-73H,3-4,6,8-10,12,14-16,18,20-22,24,26-62,64,66-67H2,1-2H3,(H,71,74)/b7-5-,13-11-,19-17-,25-23-,65-63+. The number of allylic oxidation sites excluding steroid dienone is 9. The third-order valence-corrected chi connectivity index (χ3v) is 15.5. The predicted octanol–water partition coefficient (Wildman–Crippen LogP) is 22.7. The maximum Gasteiger partial charge on any atom is 0.220 e. The van der Waals surface area contributed by atoms with Gasteiger partial charge in [-0.25, -0.2) is 0 Å². The van der Waals surface area contributed by atoms with E-state index in [9.17, 15) is 15.0 Å². The van der Waals surface area contributed by atoms with Crippen LogP contribution in [0.5, 0.6) is 0 Å². The quantitative estimate of drug-likeness (QED) is 0.0420. The summed E-state index contributed by atoms with van der Waals surface area (Å²) in [5.74, 6) is -0.0573. The molecule has 0 aromatic carbocycles. The first-order valence-corrected chi connectivity index (χ1v) is 33.5. The summed E-state index contributed by atoms with van der Waals surface area (Å²) < 4.78 is 0. The van der Waals surface area contributed by atoms with Crippen LogP contribution < -0.4 is 5.32 Å². The highest BCUT2D eigenvalue weighted by atomic mass is 16.3. The summed E-state index contributed by atoms with van der Waals surface area (Å²) in [6.45, 7) is 4.24. The first-order chi connectivity index (χ1) is 36.7. The Morgan fingerprint density at radius 2 is 0.595 bits per heavy atom. The SMILES string of the molecule is CC/C=C\C/C=C\C/C=C\C/C=C\CCCCCCCCCCCCCCCCCCCCCCCCC(=O)NC(CO)C(O)/C=C/CCCCCCCCCCCCCCCCCCCCCCCCCCC. The van der Waals surface area contributed by atoms with Crippen molar-refractivity contribution >= 4 is 5.91 Å². The van der Waals surface area contributed by atoms with Crippen LogP contribution in [-0.4, -0.2) is 34.9 Å². The number of carbonyl (C=O) groups is 1. The second-order valence-electron chi connectivity index (χ2n) is 22.9. The summed E-state index contributed by atoms with van der Waals surface area (Å²) in [4.78, 5) is 12.5. The van der Waals surface area contributed by atoms with Crippen LogP contribution in [-0.2, 0) is 4.79 Å². The molecule has 2 unspecified atom stereocenters. The lowest BCUT2D eigenvalue weighted by molar-refractivity contribution is -0.123. The van der Waals surface area contributed by atoms with E-state index in [1.165, 1.54) is 289 Å². The second kappa shape index (κ2) is 65.4. The molecule has 0 fully saturated rings. The van der Waals surface area contributed by atoms with Crippen LogP contribution in [0, 0.1) is 0 Å². The zero-order valence-corrected chi connectivity index (χ0v) is 50.1. The number of aliphatic hydroxyl groups is 2. The molecule has 0 spiro atoms. The Bertz CT molecular complexity index is 1220. The van der Waals surface area contributed by atoms with Crippen molar-refractivity contribution in [2.24, 2.45) is 0 Å². The fourth-order valence-corrected chi connectivity index (χ4v) is 10.5. The van der Waals surface area contributed by atoms with Gasteiger partial charge in [-0.3, -0.25) is 4.79 Å². The normalized spacial score (nSPS) is 13.1. The number of amides is 1. The summed E-state index contributed by atoms with van der Waals surface area (Å²) in [5.41, 5.74) is 0. The van der Waals surface area contributed by atoms with Crippen molar-refractivity contribution < 1.29 is 15.0 Å². The molecule has 0 radical (unpaired) electrons. The zero-order valence-electron chi connectivity index (χ0n) is 50.1. The number of aliphatic hydroxyl groups excluding tert-OH is 2. The van der Waals surface area contributed by atoms with E-state index < -0.39 is 12.1 Å². The minimum Gasteiger partial charge on any atom is -0.394 e. The van der Waals surface area contributed by atoms with Crippen LogP contribution in [0.2, 0.25) is 0 Å². The summed E-state index contributed by atoms with van der Waals surface area (Å²) in [7, 11) is 0. The largest absolute Gasteiger partial charge is 0.394 e. The van der Waals surface area contributed by atoms with Gasteiger partial charge in [0.25, 0.3) is 0 Å². The molecular weight excluding hydrogens is 903 g/mol. The number of rotatable bonds is 62. The van der Waals surface area contributed by atoms with Crippen molar-refractivity contribution in [3.8, 4) is 0 Å². The highest BCUT2D eigenvalue weighted by molar-refractivity contribution is 5.76. The molecule has 1 amide bonds. The molecule has 0 aliphatic heterocycles. The van der Waals surface area contributed by atoms with Crippen molar-refractivity contribution in [1.29, 1.82) is 0 Å². The van der Waals surface area contributed by atoms with Crippen molar-refractivity contribution in [2.75, 3.05) is 6.61 Å². The Kier molecular flexibility index (Phi) is 63.7. The summed E-state index contributed by atoms with van der Waals surface area (Å²) in [6, 6.07) is -0.623. The lowest BCUT2D eigenvalue weighted by atomic mass is 10.0. The first kappa shape index (κ1) is 72.1. The molecule has 0 heterocycles. The predicted molar refractivity (Wildman–Crippen MR) is 331 cm³/mol. The van der Waals surface area contributed by atoms with E-state index in [0.29, 0.717) is 6.42 Å². The van der Waals surface area contributed by atoms with Gasteiger partial charge in [-0.15, -0.1) is 0 Å². The summed E-state index contributed by atoms with van der Waals surface area (Å²) in [5, 5.41) is 23.3. The molecular formula is C70H131NO3. The number of unbranched alkanes of at least 4 members (excludes halogenated alkanes) is 47. The molecule has 0 aliphatic carbocycles. The van der Waals surface area contributed by atoms with E-state index in [2.05, 4.69) is 67.8 Å². The molecule has 0 rings (SSSR count). The molecule has 74 heavy (non-hydrogen) atoms. The van der Waals surface area contributed by atoms with Crippen LogP contribution in [0.3, 0.4) is 0 Å². The van der Waals surface area contributed by atoms with Crippen molar-refractivity contribution in [1.82, 2.24) is 5.32 Å².